The second-order valence-corrected chi connectivity index (χ2v) is 7.77. The smallest absolute Gasteiger partial charge is 0.236 e. The molecule has 0 atom stereocenters. The molecule has 7 nitrogen and oxygen atoms in total. The van der Waals surface area contributed by atoms with Gasteiger partial charge < -0.3 is 16.0 Å². The molecule has 2 amide bonds. The molecule has 0 unspecified atom stereocenters. The van der Waals surface area contributed by atoms with Crippen LogP contribution in [-0.2, 0) is 16.1 Å². The summed E-state index contributed by atoms with van der Waals surface area (Å²) in [6.45, 7) is 7.01. The molecule has 0 aromatic carbocycles. The van der Waals surface area contributed by atoms with Crippen LogP contribution >= 0.6 is 0 Å². The van der Waals surface area contributed by atoms with Crippen molar-refractivity contribution in [3.8, 4) is 0 Å². The van der Waals surface area contributed by atoms with Crippen LogP contribution in [0.2, 0.25) is 0 Å². The van der Waals surface area contributed by atoms with Gasteiger partial charge in [0, 0.05) is 37.3 Å². The van der Waals surface area contributed by atoms with Crippen molar-refractivity contribution in [1.29, 1.82) is 0 Å². The van der Waals surface area contributed by atoms with Gasteiger partial charge in [0.1, 0.15) is 0 Å². The molecule has 2 aliphatic rings. The van der Waals surface area contributed by atoms with E-state index in [1.165, 1.54) is 12.8 Å². The predicted octanol–water partition coefficient (Wildman–Crippen LogP) is 0.668. The van der Waals surface area contributed by atoms with E-state index in [2.05, 4.69) is 32.2 Å². The zero-order chi connectivity index (χ0) is 19.2. The number of aromatic nitrogens is 1. The highest BCUT2D eigenvalue weighted by Crippen LogP contribution is 2.24. The largest absolute Gasteiger partial charge is 0.368 e. The predicted molar refractivity (Wildman–Crippen MR) is 104 cm³/mol. The molecule has 3 heterocycles. The van der Waals surface area contributed by atoms with Gasteiger partial charge in [-0.1, -0.05) is 6.07 Å². The van der Waals surface area contributed by atoms with Crippen molar-refractivity contribution in [2.75, 3.05) is 32.7 Å². The molecule has 3 rings (SSSR count). The maximum absolute atomic E-state index is 12.1. The fourth-order valence-corrected chi connectivity index (χ4v) is 4.20. The van der Waals surface area contributed by atoms with Gasteiger partial charge in [-0.15, -0.1) is 0 Å². The van der Waals surface area contributed by atoms with Gasteiger partial charge in [0.2, 0.25) is 11.8 Å². The Hall–Kier alpha value is -1.99. The second kappa shape index (κ2) is 9.28. The lowest BCUT2D eigenvalue weighted by Crippen LogP contribution is -2.49. The zero-order valence-electron chi connectivity index (χ0n) is 16.2. The number of rotatable bonds is 6. The Bertz CT molecular complexity index is 650. The van der Waals surface area contributed by atoms with E-state index < -0.39 is 5.91 Å². The Kier molecular flexibility index (Phi) is 6.79. The summed E-state index contributed by atoms with van der Waals surface area (Å²) in [7, 11) is 0. The number of primary amides is 1. The molecule has 0 radical (unpaired) electrons. The number of likely N-dealkylation sites (tertiary alicyclic amines) is 2. The molecule has 2 aliphatic heterocycles. The van der Waals surface area contributed by atoms with Crippen molar-refractivity contribution in [3.05, 3.63) is 29.6 Å². The van der Waals surface area contributed by atoms with E-state index in [4.69, 9.17) is 5.73 Å². The van der Waals surface area contributed by atoms with E-state index >= 15 is 0 Å². The van der Waals surface area contributed by atoms with Gasteiger partial charge in [0.05, 0.1) is 12.2 Å². The maximum atomic E-state index is 12.1. The van der Waals surface area contributed by atoms with Crippen LogP contribution in [0.3, 0.4) is 0 Å². The van der Waals surface area contributed by atoms with Crippen molar-refractivity contribution in [1.82, 2.24) is 20.1 Å². The lowest BCUT2D eigenvalue weighted by Gasteiger charge is -2.41. The highest BCUT2D eigenvalue weighted by molar-refractivity contribution is 5.84. The van der Waals surface area contributed by atoms with Crippen LogP contribution in [0.1, 0.15) is 37.1 Å². The summed E-state index contributed by atoms with van der Waals surface area (Å²) >= 11 is 0. The Balaban J connectivity index is 1.39. The molecular weight excluding hydrogens is 342 g/mol. The Labute approximate surface area is 161 Å². The molecule has 0 saturated carbocycles. The summed E-state index contributed by atoms with van der Waals surface area (Å²) in [5, 5.41) is 2.63. The van der Waals surface area contributed by atoms with Crippen LogP contribution < -0.4 is 11.1 Å². The summed E-state index contributed by atoms with van der Waals surface area (Å²) in [6.07, 6.45) is 4.06. The highest BCUT2D eigenvalue weighted by Gasteiger charge is 2.30. The van der Waals surface area contributed by atoms with Crippen LogP contribution in [0.5, 0.6) is 0 Å². The summed E-state index contributed by atoms with van der Waals surface area (Å²) in [6, 6.07) is 6.83. The maximum Gasteiger partial charge on any atom is 0.236 e. The van der Waals surface area contributed by atoms with Gasteiger partial charge in [-0.2, -0.15) is 0 Å². The van der Waals surface area contributed by atoms with Crippen molar-refractivity contribution >= 4 is 11.8 Å². The van der Waals surface area contributed by atoms with Gasteiger partial charge in [0.15, 0.2) is 0 Å². The molecule has 1 aromatic rings. The van der Waals surface area contributed by atoms with Crippen molar-refractivity contribution in [2.24, 2.45) is 11.7 Å². The molecule has 148 valence electrons. The number of amides is 2. The molecule has 1 aromatic heterocycles. The first-order valence-electron chi connectivity index (χ1n) is 9.96. The van der Waals surface area contributed by atoms with Gasteiger partial charge in [-0.05, 0) is 57.8 Å². The number of carbonyl (C=O) groups is 2. The number of aryl methyl sites for hydroxylation is 1. The zero-order valence-corrected chi connectivity index (χ0v) is 16.2. The van der Waals surface area contributed by atoms with E-state index in [1.807, 2.05) is 13.0 Å². The minimum Gasteiger partial charge on any atom is -0.368 e. The van der Waals surface area contributed by atoms with E-state index in [-0.39, 0.29) is 18.4 Å². The Morgan fingerprint density at radius 2 is 1.85 bits per heavy atom. The van der Waals surface area contributed by atoms with E-state index in [0.29, 0.717) is 6.04 Å². The highest BCUT2D eigenvalue weighted by atomic mass is 16.2. The Morgan fingerprint density at radius 1 is 1.15 bits per heavy atom. The third kappa shape index (κ3) is 5.74. The number of carbonyl (C=O) groups excluding carboxylic acids is 2. The van der Waals surface area contributed by atoms with Crippen LogP contribution in [-0.4, -0.2) is 65.4 Å². The molecular formula is C20H31N5O2. The average molecular weight is 374 g/mol. The third-order valence-corrected chi connectivity index (χ3v) is 5.74. The summed E-state index contributed by atoms with van der Waals surface area (Å²) in [5.41, 5.74) is 7.31. The number of nitrogens with two attached hydrogens (primary N) is 1. The minimum atomic E-state index is -0.492. The number of hydrogen-bond donors (Lipinski definition) is 2. The van der Waals surface area contributed by atoms with Gasteiger partial charge >= 0.3 is 0 Å². The fourth-order valence-electron chi connectivity index (χ4n) is 4.20. The normalized spacial score (nSPS) is 20.5. The van der Waals surface area contributed by atoms with Gasteiger partial charge in [-0.3, -0.25) is 19.5 Å². The van der Waals surface area contributed by atoms with Gasteiger partial charge in [0.25, 0.3) is 0 Å². The molecule has 0 spiro atoms. The lowest BCUT2D eigenvalue weighted by molar-refractivity contribution is -0.129. The first kappa shape index (κ1) is 19.8. The molecule has 3 N–H and O–H groups in total. The summed E-state index contributed by atoms with van der Waals surface area (Å²) in [4.78, 5) is 32.5. The minimum absolute atomic E-state index is 0.00748. The van der Waals surface area contributed by atoms with E-state index in [0.717, 1.165) is 57.0 Å². The first-order chi connectivity index (χ1) is 13.0. The number of nitrogens with one attached hydrogen (secondary N) is 1. The van der Waals surface area contributed by atoms with E-state index in [1.54, 1.807) is 0 Å². The summed E-state index contributed by atoms with van der Waals surface area (Å²) < 4.78 is 0. The standard InChI is InChI=1S/C20H31N5O2/c1-15-3-2-4-17(23-15)14-24-9-7-18(8-10-24)25-11-5-16(6-12-25)20(27)22-13-19(21)26/h2-4,16,18H,5-14H2,1H3,(H2,21,26)(H,22,27). The number of piperidine rings is 2. The van der Waals surface area contributed by atoms with Crippen LogP contribution in [0.4, 0.5) is 0 Å². The van der Waals surface area contributed by atoms with Crippen molar-refractivity contribution in [3.63, 3.8) is 0 Å². The monoisotopic (exact) mass is 373 g/mol. The Morgan fingerprint density at radius 3 is 2.48 bits per heavy atom. The van der Waals surface area contributed by atoms with E-state index in [9.17, 15) is 9.59 Å². The number of pyridine rings is 1. The fraction of sp³-hybridized carbons (Fsp3) is 0.650. The average Bonchev–Trinajstić information content (AvgIpc) is 2.67. The molecule has 2 fully saturated rings. The number of hydrogen-bond acceptors (Lipinski definition) is 5. The van der Waals surface area contributed by atoms with Crippen LogP contribution in [0, 0.1) is 12.8 Å². The molecule has 7 heteroatoms. The van der Waals surface area contributed by atoms with Crippen molar-refractivity contribution < 1.29 is 9.59 Å². The third-order valence-electron chi connectivity index (χ3n) is 5.74. The number of nitrogens with zero attached hydrogens (tertiary/aromatic N) is 3. The lowest BCUT2D eigenvalue weighted by atomic mass is 9.92. The van der Waals surface area contributed by atoms with Crippen LogP contribution in [0.25, 0.3) is 0 Å². The second-order valence-electron chi connectivity index (χ2n) is 7.77. The quantitative estimate of drug-likeness (QED) is 0.765. The van der Waals surface area contributed by atoms with Gasteiger partial charge in [-0.25, -0.2) is 0 Å². The topological polar surface area (TPSA) is 91.6 Å². The molecule has 0 aliphatic carbocycles. The summed E-state index contributed by atoms with van der Waals surface area (Å²) in [5.74, 6) is -0.518. The van der Waals surface area contributed by atoms with Crippen LogP contribution in [0.15, 0.2) is 18.2 Å². The van der Waals surface area contributed by atoms with Crippen molar-refractivity contribution in [2.45, 2.75) is 45.2 Å². The SMILES string of the molecule is Cc1cccc(CN2CCC(N3CCC(C(=O)NCC(N)=O)CC3)CC2)n1. The molecule has 2 saturated heterocycles. The first-order valence-corrected chi connectivity index (χ1v) is 9.96. The molecule has 0 bridgehead atoms. The molecule has 27 heavy (non-hydrogen) atoms.